The second kappa shape index (κ2) is 7.78. The summed E-state index contributed by atoms with van der Waals surface area (Å²) in [5.41, 5.74) is 2.13. The Labute approximate surface area is 181 Å². The van der Waals surface area contributed by atoms with Crippen molar-refractivity contribution in [2.24, 2.45) is 0 Å². The standard InChI is InChI=1S/C25H26O6/c1-14(2)4-9-18-23-17(10-11-25(3,13-26)31-23)22(29)21-19(28)12-20(30-24(18)21)15-5-7-16(27)8-6-15/h4-8,10-11,20,26-27,29H,9,12-13H2,1-3H3/t20-,25-/m0/s1. The molecule has 162 valence electrons. The smallest absolute Gasteiger partial charge is 0.174 e. The average molecular weight is 422 g/mol. The normalized spacial score (nSPS) is 21.5. The Bertz CT molecular complexity index is 1090. The van der Waals surface area contributed by atoms with Crippen molar-refractivity contribution in [3.63, 3.8) is 0 Å². The fourth-order valence-electron chi connectivity index (χ4n) is 3.86. The number of aliphatic hydroxyl groups is 1. The van der Waals surface area contributed by atoms with Crippen molar-refractivity contribution >= 4 is 11.9 Å². The van der Waals surface area contributed by atoms with Gasteiger partial charge >= 0.3 is 0 Å². The van der Waals surface area contributed by atoms with Gasteiger partial charge in [-0.15, -0.1) is 0 Å². The minimum Gasteiger partial charge on any atom is -0.508 e. The number of carbonyl (C=O) groups is 1. The molecule has 2 heterocycles. The highest BCUT2D eigenvalue weighted by atomic mass is 16.5. The quantitative estimate of drug-likeness (QED) is 0.629. The Morgan fingerprint density at radius 1 is 1.19 bits per heavy atom. The number of phenolic OH excluding ortho intramolecular Hbond substituents is 2. The Morgan fingerprint density at radius 3 is 2.55 bits per heavy atom. The predicted octanol–water partition coefficient (Wildman–Crippen LogP) is 4.47. The molecule has 0 radical (unpaired) electrons. The Hall–Kier alpha value is -3.25. The van der Waals surface area contributed by atoms with Crippen LogP contribution in [0.25, 0.3) is 6.08 Å². The molecule has 4 rings (SSSR count). The van der Waals surface area contributed by atoms with E-state index in [1.165, 1.54) is 0 Å². The molecule has 0 fully saturated rings. The molecule has 3 N–H and O–H groups in total. The topological polar surface area (TPSA) is 96.2 Å². The lowest BCUT2D eigenvalue weighted by Gasteiger charge is -2.35. The zero-order chi connectivity index (χ0) is 22.3. The molecule has 2 aromatic carbocycles. The molecule has 2 aliphatic heterocycles. The van der Waals surface area contributed by atoms with Crippen LogP contribution in [-0.2, 0) is 6.42 Å². The number of ether oxygens (including phenoxy) is 2. The summed E-state index contributed by atoms with van der Waals surface area (Å²) in [6.45, 7) is 5.46. The predicted molar refractivity (Wildman–Crippen MR) is 117 cm³/mol. The summed E-state index contributed by atoms with van der Waals surface area (Å²) in [4.78, 5) is 13.1. The second-order valence-corrected chi connectivity index (χ2v) is 8.49. The lowest BCUT2D eigenvalue weighted by atomic mass is 9.88. The van der Waals surface area contributed by atoms with E-state index in [1.807, 2.05) is 19.9 Å². The van der Waals surface area contributed by atoms with E-state index >= 15 is 0 Å². The van der Waals surface area contributed by atoms with E-state index in [9.17, 15) is 20.1 Å². The maximum absolute atomic E-state index is 13.1. The van der Waals surface area contributed by atoms with Crippen molar-refractivity contribution in [3.8, 4) is 23.0 Å². The first kappa shape index (κ1) is 21.0. The van der Waals surface area contributed by atoms with Gasteiger partial charge in [0.1, 0.15) is 40.3 Å². The van der Waals surface area contributed by atoms with E-state index < -0.39 is 11.7 Å². The maximum atomic E-state index is 13.1. The summed E-state index contributed by atoms with van der Waals surface area (Å²) in [5, 5.41) is 30.3. The number of aliphatic hydroxyl groups excluding tert-OH is 1. The molecular weight excluding hydrogens is 396 g/mol. The summed E-state index contributed by atoms with van der Waals surface area (Å²) in [5.74, 6) is 0.453. The summed E-state index contributed by atoms with van der Waals surface area (Å²) < 4.78 is 12.4. The van der Waals surface area contributed by atoms with Crippen molar-refractivity contribution in [1.29, 1.82) is 0 Å². The average Bonchev–Trinajstić information content (AvgIpc) is 2.73. The number of rotatable bonds is 4. The highest BCUT2D eigenvalue weighted by Crippen LogP contribution is 2.51. The van der Waals surface area contributed by atoms with Crippen LogP contribution in [0.15, 0.2) is 42.0 Å². The van der Waals surface area contributed by atoms with Crippen LogP contribution in [0.2, 0.25) is 0 Å². The van der Waals surface area contributed by atoms with Crippen LogP contribution in [-0.4, -0.2) is 33.3 Å². The summed E-state index contributed by atoms with van der Waals surface area (Å²) >= 11 is 0. The molecule has 0 saturated heterocycles. The number of hydrogen-bond donors (Lipinski definition) is 3. The molecule has 31 heavy (non-hydrogen) atoms. The first-order valence-electron chi connectivity index (χ1n) is 10.3. The van der Waals surface area contributed by atoms with Crippen LogP contribution in [0.5, 0.6) is 23.0 Å². The van der Waals surface area contributed by atoms with Gasteiger partial charge in [0.15, 0.2) is 5.78 Å². The number of benzene rings is 2. The number of carbonyl (C=O) groups excluding carboxylic acids is 1. The van der Waals surface area contributed by atoms with Gasteiger partial charge < -0.3 is 24.8 Å². The number of Topliss-reactive ketones (excluding diaryl/α,β-unsaturated/α-hetero) is 1. The van der Waals surface area contributed by atoms with Crippen LogP contribution >= 0.6 is 0 Å². The molecule has 0 saturated carbocycles. The number of fused-ring (bicyclic) bond motifs is 2. The SMILES string of the molecule is CC(C)=CCc1c2c(c(O)c3c1O[C@H](c1ccc(O)cc1)CC3=O)C=C[C@@](C)(CO)O2. The molecule has 0 aromatic heterocycles. The van der Waals surface area contributed by atoms with E-state index in [2.05, 4.69) is 0 Å². The van der Waals surface area contributed by atoms with Gasteiger partial charge in [-0.3, -0.25) is 4.79 Å². The zero-order valence-electron chi connectivity index (χ0n) is 17.8. The molecule has 2 aliphatic rings. The minimum absolute atomic E-state index is 0.0745. The van der Waals surface area contributed by atoms with E-state index in [1.54, 1.807) is 43.3 Å². The van der Waals surface area contributed by atoms with Crippen molar-refractivity contribution in [1.82, 2.24) is 0 Å². The number of ketones is 1. The summed E-state index contributed by atoms with van der Waals surface area (Å²) in [7, 11) is 0. The van der Waals surface area contributed by atoms with Gasteiger partial charge in [-0.25, -0.2) is 0 Å². The second-order valence-electron chi connectivity index (χ2n) is 8.49. The van der Waals surface area contributed by atoms with Gasteiger partial charge in [0.25, 0.3) is 0 Å². The first-order chi connectivity index (χ1) is 14.7. The largest absolute Gasteiger partial charge is 0.508 e. The fourth-order valence-corrected chi connectivity index (χ4v) is 3.86. The molecule has 6 nitrogen and oxygen atoms in total. The van der Waals surface area contributed by atoms with Crippen LogP contribution < -0.4 is 9.47 Å². The first-order valence-corrected chi connectivity index (χ1v) is 10.3. The van der Waals surface area contributed by atoms with Crippen molar-refractivity contribution < 1.29 is 29.6 Å². The molecule has 0 spiro atoms. The van der Waals surface area contributed by atoms with Gasteiger partial charge in [0.05, 0.1) is 18.6 Å². The van der Waals surface area contributed by atoms with Crippen LogP contribution in [0.1, 0.15) is 60.3 Å². The molecule has 2 atom stereocenters. The van der Waals surface area contributed by atoms with Crippen molar-refractivity contribution in [3.05, 3.63) is 64.2 Å². The molecule has 0 unspecified atom stereocenters. The maximum Gasteiger partial charge on any atom is 0.174 e. The van der Waals surface area contributed by atoms with Crippen molar-refractivity contribution in [2.75, 3.05) is 6.61 Å². The third-order valence-corrected chi connectivity index (χ3v) is 5.65. The minimum atomic E-state index is -0.942. The Kier molecular flexibility index (Phi) is 5.27. The molecule has 0 amide bonds. The molecular formula is C25H26O6. The molecule has 6 heteroatoms. The highest BCUT2D eigenvalue weighted by Gasteiger charge is 2.38. The van der Waals surface area contributed by atoms with Crippen LogP contribution in [0.3, 0.4) is 0 Å². The molecule has 2 aromatic rings. The summed E-state index contributed by atoms with van der Waals surface area (Å²) in [6.07, 6.45) is 5.34. The number of phenols is 2. The summed E-state index contributed by atoms with van der Waals surface area (Å²) in [6, 6.07) is 6.53. The van der Waals surface area contributed by atoms with Crippen molar-refractivity contribution in [2.45, 2.75) is 45.3 Å². The van der Waals surface area contributed by atoms with E-state index in [-0.39, 0.29) is 35.9 Å². The Balaban J connectivity index is 1.89. The lowest BCUT2D eigenvalue weighted by molar-refractivity contribution is 0.0617. The van der Waals surface area contributed by atoms with Gasteiger partial charge in [-0.1, -0.05) is 23.8 Å². The fraction of sp³-hybridized carbons (Fsp3) is 0.320. The number of hydrogen-bond acceptors (Lipinski definition) is 6. The number of allylic oxidation sites excluding steroid dienone is 2. The molecule has 0 aliphatic carbocycles. The van der Waals surface area contributed by atoms with E-state index in [0.717, 1.165) is 11.1 Å². The lowest BCUT2D eigenvalue weighted by Crippen LogP contribution is -2.36. The van der Waals surface area contributed by atoms with Crippen LogP contribution in [0, 0.1) is 0 Å². The van der Waals surface area contributed by atoms with E-state index in [0.29, 0.717) is 29.0 Å². The number of aromatic hydroxyl groups is 2. The third-order valence-electron chi connectivity index (χ3n) is 5.65. The highest BCUT2D eigenvalue weighted by molar-refractivity contribution is 6.05. The van der Waals surface area contributed by atoms with Crippen LogP contribution in [0.4, 0.5) is 0 Å². The van der Waals surface area contributed by atoms with Gasteiger partial charge in [0, 0.05) is 5.56 Å². The molecule has 0 bridgehead atoms. The zero-order valence-corrected chi connectivity index (χ0v) is 17.8. The van der Waals surface area contributed by atoms with Gasteiger partial charge in [-0.2, -0.15) is 0 Å². The third kappa shape index (κ3) is 3.79. The Morgan fingerprint density at radius 2 is 1.90 bits per heavy atom. The van der Waals surface area contributed by atoms with Gasteiger partial charge in [-0.05, 0) is 57.0 Å². The van der Waals surface area contributed by atoms with E-state index in [4.69, 9.17) is 9.47 Å². The van der Waals surface area contributed by atoms with Gasteiger partial charge in [0.2, 0.25) is 0 Å². The monoisotopic (exact) mass is 422 g/mol.